The third kappa shape index (κ3) is 7.83. The van der Waals surface area contributed by atoms with Crippen molar-refractivity contribution < 1.29 is 29.0 Å². The zero-order chi connectivity index (χ0) is 33.5. The lowest BCUT2D eigenvalue weighted by molar-refractivity contribution is -0.144. The van der Waals surface area contributed by atoms with Crippen LogP contribution in [0, 0.1) is 6.92 Å². The van der Waals surface area contributed by atoms with Crippen molar-refractivity contribution in [2.24, 2.45) is 0 Å². The predicted octanol–water partition coefficient (Wildman–Crippen LogP) is 6.34. The fourth-order valence-electron chi connectivity index (χ4n) is 5.67. The van der Waals surface area contributed by atoms with Crippen LogP contribution in [-0.2, 0) is 20.8 Å². The van der Waals surface area contributed by atoms with Crippen molar-refractivity contribution in [3.63, 3.8) is 0 Å². The third-order valence-corrected chi connectivity index (χ3v) is 8.59. The Bertz CT molecular complexity index is 1740. The Kier molecular flexibility index (Phi) is 10.9. The topological polar surface area (TPSA) is 143 Å². The van der Waals surface area contributed by atoms with Crippen molar-refractivity contribution in [3.8, 4) is 11.1 Å². The van der Waals surface area contributed by atoms with Crippen LogP contribution in [-0.4, -0.2) is 64.6 Å². The summed E-state index contributed by atoms with van der Waals surface area (Å²) in [5.74, 6) is -1.63. The molecule has 2 amide bonds. The smallest absolute Gasteiger partial charge is 0.320 e. The number of carboxylic acid groups (broad SMARTS) is 1. The summed E-state index contributed by atoms with van der Waals surface area (Å²) in [7, 11) is 3.03. The van der Waals surface area contributed by atoms with Gasteiger partial charge >= 0.3 is 5.97 Å². The quantitative estimate of drug-likeness (QED) is 0.157. The molecule has 4 aromatic rings. The second kappa shape index (κ2) is 15.3. The first-order valence-electron chi connectivity index (χ1n) is 15.1. The Labute approximate surface area is 277 Å². The zero-order valence-electron chi connectivity index (χ0n) is 26.3. The number of hydrogen-bond acceptors (Lipinski definition) is 8. The van der Waals surface area contributed by atoms with Gasteiger partial charge in [0.1, 0.15) is 17.4 Å². The number of halogens is 1. The molecule has 11 nitrogen and oxygen atoms in total. The number of aromatic nitrogens is 2. The summed E-state index contributed by atoms with van der Waals surface area (Å²) in [4.78, 5) is 48.4. The third-order valence-electron chi connectivity index (χ3n) is 8.18. The molecule has 0 spiro atoms. The van der Waals surface area contributed by atoms with Gasteiger partial charge in [-0.2, -0.15) is 0 Å². The molecule has 0 aliphatic carbocycles. The minimum atomic E-state index is -0.813. The summed E-state index contributed by atoms with van der Waals surface area (Å²) >= 11 is 6.81. The molecule has 0 unspecified atom stereocenters. The molecule has 1 aliphatic heterocycles. The van der Waals surface area contributed by atoms with Gasteiger partial charge in [-0.25, -0.2) is 0 Å². The van der Waals surface area contributed by atoms with Gasteiger partial charge < -0.3 is 25.2 Å². The summed E-state index contributed by atoms with van der Waals surface area (Å²) in [6.45, 7) is 3.04. The highest BCUT2D eigenvalue weighted by atomic mass is 35.5. The van der Waals surface area contributed by atoms with Crippen molar-refractivity contribution in [2.75, 3.05) is 31.4 Å². The van der Waals surface area contributed by atoms with Crippen LogP contribution in [0.2, 0.25) is 5.02 Å². The maximum atomic E-state index is 13.2. The highest BCUT2D eigenvalue weighted by molar-refractivity contribution is 6.36. The number of carbonyl (C=O) groups excluding carboxylic acids is 2. The molecular weight excluding hydrogens is 622 g/mol. The maximum Gasteiger partial charge on any atom is 0.320 e. The van der Waals surface area contributed by atoms with Crippen LogP contribution >= 0.6 is 11.6 Å². The molecule has 47 heavy (non-hydrogen) atoms. The highest BCUT2D eigenvalue weighted by Crippen LogP contribution is 2.37. The van der Waals surface area contributed by atoms with Gasteiger partial charge in [-0.15, -0.1) is 0 Å². The van der Waals surface area contributed by atoms with Crippen LogP contribution in [0.25, 0.3) is 11.1 Å². The number of hydrogen-bond donors (Lipinski definition) is 3. The van der Waals surface area contributed by atoms with E-state index in [1.54, 1.807) is 48.7 Å². The van der Waals surface area contributed by atoms with Gasteiger partial charge in [0.15, 0.2) is 6.29 Å². The fraction of sp³-hybridized carbons (Fsp3) is 0.286. The van der Waals surface area contributed by atoms with Crippen molar-refractivity contribution in [2.45, 2.75) is 45.1 Å². The van der Waals surface area contributed by atoms with E-state index >= 15 is 0 Å². The number of ether oxygens (including phenoxy) is 2. The number of anilines is 2. The molecule has 1 atom stereocenters. The lowest BCUT2D eigenvalue weighted by Gasteiger charge is -2.32. The molecule has 0 radical (unpaired) electrons. The van der Waals surface area contributed by atoms with E-state index in [9.17, 15) is 19.5 Å². The van der Waals surface area contributed by atoms with Crippen LogP contribution in [0.15, 0.2) is 73.1 Å². The Morgan fingerprint density at radius 3 is 2.15 bits per heavy atom. The van der Waals surface area contributed by atoms with E-state index in [1.165, 1.54) is 20.4 Å². The Morgan fingerprint density at radius 2 is 1.53 bits per heavy atom. The molecular formula is C35H36ClN5O6. The number of likely N-dealkylation sites (tertiary alicyclic amines) is 1. The highest BCUT2D eigenvalue weighted by Gasteiger charge is 2.28. The zero-order valence-corrected chi connectivity index (χ0v) is 27.1. The van der Waals surface area contributed by atoms with Crippen LogP contribution in [0.4, 0.5) is 11.4 Å². The Hall–Kier alpha value is -4.68. The first-order valence-corrected chi connectivity index (χ1v) is 15.5. The minimum Gasteiger partial charge on any atom is -0.480 e. The summed E-state index contributed by atoms with van der Waals surface area (Å²) < 4.78 is 10.5. The van der Waals surface area contributed by atoms with Gasteiger partial charge in [0.05, 0.1) is 10.7 Å². The monoisotopic (exact) mass is 657 g/mol. The van der Waals surface area contributed by atoms with E-state index in [0.717, 1.165) is 29.5 Å². The number of methoxy groups -OCH3 is 2. The number of rotatable bonds is 11. The molecule has 5 rings (SSSR count). The molecule has 12 heteroatoms. The maximum absolute atomic E-state index is 13.2. The van der Waals surface area contributed by atoms with Gasteiger partial charge in [-0.3, -0.25) is 29.3 Å². The number of aliphatic carboxylic acids is 1. The first-order chi connectivity index (χ1) is 22.7. The number of amides is 2. The Balaban J connectivity index is 1.28. The molecule has 2 aromatic carbocycles. The molecule has 1 aliphatic rings. The van der Waals surface area contributed by atoms with Crippen molar-refractivity contribution in [1.82, 2.24) is 14.9 Å². The Morgan fingerprint density at radius 1 is 0.894 bits per heavy atom. The normalized spacial score (nSPS) is 15.0. The second-order valence-corrected chi connectivity index (χ2v) is 11.6. The second-order valence-electron chi connectivity index (χ2n) is 11.2. The standard InChI is InChI=1S/C35H36ClN5O6/c1-21-24(25-9-7-11-27(31(25)36)40-33(43)29-16-14-23(19-38-29)35(46-2)47-3)8-6-10-26(21)39-32(42)28-15-13-22(18-37-28)20-41-17-5-4-12-30(41)34(44)45/h6-11,13-16,18-19,30,35H,4-5,12,17,20H2,1-3H3,(H,39,42)(H,40,43)(H,44,45)/t30-/m0/s1. The summed E-state index contributed by atoms with van der Waals surface area (Å²) in [5, 5.41) is 15.7. The predicted molar refractivity (Wildman–Crippen MR) is 178 cm³/mol. The SMILES string of the molecule is COC(OC)c1ccc(C(=O)Nc2cccc(-c3cccc(NC(=O)c4ccc(CN5CCCC[C@H]5C(=O)O)cn4)c3C)c2Cl)nc1. The summed E-state index contributed by atoms with van der Waals surface area (Å²) in [6.07, 6.45) is 5.03. The fourth-order valence-corrected chi connectivity index (χ4v) is 5.94. The molecule has 0 saturated carbocycles. The van der Waals surface area contributed by atoms with E-state index in [1.807, 2.05) is 30.0 Å². The van der Waals surface area contributed by atoms with Gasteiger partial charge in [0, 0.05) is 50.0 Å². The van der Waals surface area contributed by atoms with Crippen LogP contribution in [0.5, 0.6) is 0 Å². The van der Waals surface area contributed by atoms with Gasteiger partial charge in [0.25, 0.3) is 11.8 Å². The lowest BCUT2D eigenvalue weighted by atomic mass is 9.98. The van der Waals surface area contributed by atoms with Gasteiger partial charge in [-0.1, -0.05) is 54.4 Å². The van der Waals surface area contributed by atoms with Crippen LogP contribution in [0.1, 0.15) is 63.2 Å². The van der Waals surface area contributed by atoms with Gasteiger partial charge in [0.2, 0.25) is 0 Å². The summed E-state index contributed by atoms with van der Waals surface area (Å²) in [6, 6.07) is 17.0. The molecule has 1 saturated heterocycles. The number of carbonyl (C=O) groups is 3. The number of nitrogens with one attached hydrogen (secondary N) is 2. The molecule has 3 heterocycles. The van der Waals surface area contributed by atoms with Crippen molar-refractivity contribution >= 4 is 40.8 Å². The minimum absolute atomic E-state index is 0.194. The average Bonchev–Trinajstić information content (AvgIpc) is 3.08. The van der Waals surface area contributed by atoms with E-state index in [-0.39, 0.29) is 17.3 Å². The van der Waals surface area contributed by atoms with E-state index in [0.29, 0.717) is 47.0 Å². The average molecular weight is 658 g/mol. The molecule has 1 fully saturated rings. The number of nitrogens with zero attached hydrogens (tertiary/aromatic N) is 3. The van der Waals surface area contributed by atoms with Crippen LogP contribution < -0.4 is 10.6 Å². The molecule has 3 N–H and O–H groups in total. The van der Waals surface area contributed by atoms with E-state index < -0.39 is 24.2 Å². The number of pyridine rings is 2. The number of carboxylic acids is 1. The van der Waals surface area contributed by atoms with Crippen molar-refractivity contribution in [1.29, 1.82) is 0 Å². The van der Waals surface area contributed by atoms with Crippen molar-refractivity contribution in [3.05, 3.63) is 106 Å². The largest absolute Gasteiger partial charge is 0.480 e. The number of piperidine rings is 1. The first kappa shape index (κ1) is 33.7. The number of benzene rings is 2. The summed E-state index contributed by atoms with van der Waals surface area (Å²) in [5.41, 5.74) is 5.14. The lowest BCUT2D eigenvalue weighted by Crippen LogP contribution is -2.44. The molecule has 2 aromatic heterocycles. The van der Waals surface area contributed by atoms with E-state index in [4.69, 9.17) is 21.1 Å². The van der Waals surface area contributed by atoms with E-state index in [2.05, 4.69) is 20.6 Å². The van der Waals surface area contributed by atoms with Crippen LogP contribution in [0.3, 0.4) is 0 Å². The molecule has 244 valence electrons. The molecule has 0 bridgehead atoms. The van der Waals surface area contributed by atoms with Gasteiger partial charge in [-0.05, 0) is 67.3 Å².